The molecule has 7 nitrogen and oxygen atoms in total. The Bertz CT molecular complexity index is 883. The minimum Gasteiger partial charge on any atom is -0.296 e. The molecule has 1 aromatic carbocycles. The highest BCUT2D eigenvalue weighted by Gasteiger charge is 2.18. The topological polar surface area (TPSA) is 92.3 Å². The molecule has 0 radical (unpaired) electrons. The summed E-state index contributed by atoms with van der Waals surface area (Å²) in [7, 11) is -2.04. The van der Waals surface area contributed by atoms with Crippen LogP contribution in [0.4, 0.5) is 10.8 Å². The summed E-state index contributed by atoms with van der Waals surface area (Å²) in [5.41, 5.74) is 0.494. The van der Waals surface area contributed by atoms with Gasteiger partial charge in [0.25, 0.3) is 5.91 Å². The second kappa shape index (κ2) is 7.90. The van der Waals surface area contributed by atoms with Crippen molar-refractivity contribution >= 4 is 61.4 Å². The monoisotopic (exact) mass is 420 g/mol. The summed E-state index contributed by atoms with van der Waals surface area (Å²) in [5, 5.41) is 11.5. The first-order chi connectivity index (χ1) is 11.6. The van der Waals surface area contributed by atoms with Gasteiger partial charge in [0, 0.05) is 12.3 Å². The largest absolute Gasteiger partial charge is 0.296 e. The number of benzene rings is 1. The Morgan fingerprint density at radius 3 is 2.64 bits per heavy atom. The normalized spacial score (nSPS) is 11.6. The van der Waals surface area contributed by atoms with Gasteiger partial charge in [-0.2, -0.15) is 0 Å². The molecule has 2 rings (SSSR count). The van der Waals surface area contributed by atoms with E-state index < -0.39 is 15.9 Å². The van der Waals surface area contributed by atoms with Gasteiger partial charge in [-0.25, -0.2) is 8.42 Å². The summed E-state index contributed by atoms with van der Waals surface area (Å²) in [4.78, 5) is 12.5. The third-order valence-corrected chi connectivity index (χ3v) is 6.48. The van der Waals surface area contributed by atoms with Crippen LogP contribution in [0.5, 0.6) is 0 Å². The zero-order valence-corrected chi connectivity index (χ0v) is 17.2. The average molecular weight is 421 g/mol. The van der Waals surface area contributed by atoms with Gasteiger partial charge >= 0.3 is 0 Å². The molecular formula is C14H17ClN4O3S3. The number of carbonyl (C=O) groups is 1. The van der Waals surface area contributed by atoms with Gasteiger partial charge < -0.3 is 0 Å². The zero-order valence-electron chi connectivity index (χ0n) is 14.0. The minimum atomic E-state index is -3.44. The lowest BCUT2D eigenvalue weighted by Crippen LogP contribution is -2.25. The van der Waals surface area contributed by atoms with Crippen LogP contribution in [0, 0.1) is 0 Å². The second-order valence-corrected chi connectivity index (χ2v) is 10.6. The summed E-state index contributed by atoms with van der Waals surface area (Å²) < 4.78 is 25.1. The van der Waals surface area contributed by atoms with E-state index in [0.29, 0.717) is 16.1 Å². The lowest BCUT2D eigenvalue weighted by molar-refractivity contribution is 0.102. The van der Waals surface area contributed by atoms with Gasteiger partial charge in [0.1, 0.15) is 0 Å². The number of nitrogens with one attached hydrogen (secondary N) is 1. The Morgan fingerprint density at radius 2 is 2.04 bits per heavy atom. The van der Waals surface area contributed by atoms with Crippen LogP contribution < -0.4 is 9.62 Å². The van der Waals surface area contributed by atoms with Crippen molar-refractivity contribution < 1.29 is 13.2 Å². The van der Waals surface area contributed by atoms with Gasteiger partial charge in [0.05, 0.1) is 22.5 Å². The molecule has 1 amide bonds. The number of nitrogens with zero attached hydrogens (tertiary/aromatic N) is 3. The molecule has 1 heterocycles. The smallest absolute Gasteiger partial charge is 0.259 e. The lowest BCUT2D eigenvalue weighted by Gasteiger charge is -2.17. The van der Waals surface area contributed by atoms with Gasteiger partial charge in [-0.1, -0.05) is 48.5 Å². The molecule has 0 saturated carbocycles. The molecule has 0 atom stereocenters. The van der Waals surface area contributed by atoms with Gasteiger partial charge in [0.15, 0.2) is 4.34 Å². The summed E-state index contributed by atoms with van der Waals surface area (Å²) in [5.74, 6) is -0.481. The van der Waals surface area contributed by atoms with Crippen molar-refractivity contribution in [3.05, 3.63) is 28.8 Å². The first-order valence-corrected chi connectivity index (χ1v) is 11.0. The molecule has 0 aliphatic heterocycles. The number of anilines is 2. The predicted molar refractivity (Wildman–Crippen MR) is 104 cm³/mol. The van der Waals surface area contributed by atoms with Crippen molar-refractivity contribution in [1.29, 1.82) is 0 Å². The summed E-state index contributed by atoms with van der Waals surface area (Å²) in [6.45, 7) is 4.07. The zero-order chi connectivity index (χ0) is 18.8. The van der Waals surface area contributed by atoms with Crippen LogP contribution in [0.15, 0.2) is 22.5 Å². The van der Waals surface area contributed by atoms with Gasteiger partial charge in [-0.05, 0) is 18.2 Å². The molecule has 11 heteroatoms. The molecule has 2 aromatic rings. The van der Waals surface area contributed by atoms with E-state index in [1.165, 1.54) is 36.6 Å². The SMILES string of the molecule is CC(C)Sc1nnc(NC(=O)c2cc(N(C)S(C)(=O)=O)ccc2Cl)s1. The summed E-state index contributed by atoms with van der Waals surface area (Å²) in [6.07, 6.45) is 1.08. The lowest BCUT2D eigenvalue weighted by atomic mass is 10.2. The Morgan fingerprint density at radius 1 is 1.36 bits per heavy atom. The number of halogens is 1. The quantitative estimate of drug-likeness (QED) is 0.569. The molecule has 0 spiro atoms. The number of aromatic nitrogens is 2. The number of hydrogen-bond donors (Lipinski definition) is 1. The fourth-order valence-electron chi connectivity index (χ4n) is 1.75. The van der Waals surface area contributed by atoms with Crippen LogP contribution >= 0.6 is 34.7 Å². The maximum absolute atomic E-state index is 12.5. The highest BCUT2D eigenvalue weighted by molar-refractivity contribution is 8.01. The van der Waals surface area contributed by atoms with E-state index in [4.69, 9.17) is 11.6 Å². The number of rotatable bonds is 6. The molecule has 1 N–H and O–H groups in total. The van der Waals surface area contributed by atoms with E-state index in [2.05, 4.69) is 15.5 Å². The first kappa shape index (κ1) is 20.0. The second-order valence-electron chi connectivity index (χ2n) is 5.39. The van der Waals surface area contributed by atoms with Crippen molar-refractivity contribution in [2.45, 2.75) is 23.4 Å². The number of carbonyl (C=O) groups excluding carboxylic acids is 1. The van der Waals surface area contributed by atoms with Crippen LogP contribution in [0.2, 0.25) is 5.02 Å². The van der Waals surface area contributed by atoms with Crippen LogP contribution in [0.1, 0.15) is 24.2 Å². The molecule has 25 heavy (non-hydrogen) atoms. The maximum Gasteiger partial charge on any atom is 0.259 e. The molecule has 0 aliphatic rings. The van der Waals surface area contributed by atoms with E-state index in [1.54, 1.807) is 11.8 Å². The van der Waals surface area contributed by atoms with E-state index in [9.17, 15) is 13.2 Å². The highest BCUT2D eigenvalue weighted by atomic mass is 35.5. The standard InChI is InChI=1S/C14H17ClN4O3S3/c1-8(2)23-14-18-17-13(24-14)16-12(20)10-7-9(5-6-11(10)15)19(3)25(4,21)22/h5-8H,1-4H3,(H,16,17,20). The minimum absolute atomic E-state index is 0.155. The van der Waals surface area contributed by atoms with Crippen LogP contribution in [-0.2, 0) is 10.0 Å². The van der Waals surface area contributed by atoms with E-state index in [1.807, 2.05) is 13.8 Å². The molecule has 0 aliphatic carbocycles. The van der Waals surface area contributed by atoms with Crippen molar-refractivity contribution in [3.63, 3.8) is 0 Å². The van der Waals surface area contributed by atoms with Gasteiger partial charge in [-0.15, -0.1) is 10.2 Å². The Hall–Kier alpha value is -1.36. The Kier molecular flexibility index (Phi) is 6.30. The molecular weight excluding hydrogens is 404 g/mol. The van der Waals surface area contributed by atoms with Crippen molar-refractivity contribution in [2.75, 3.05) is 22.9 Å². The van der Waals surface area contributed by atoms with E-state index >= 15 is 0 Å². The van der Waals surface area contributed by atoms with Gasteiger partial charge in [-0.3, -0.25) is 14.4 Å². The highest BCUT2D eigenvalue weighted by Crippen LogP contribution is 2.30. The molecule has 0 fully saturated rings. The predicted octanol–water partition coefficient (Wildman–Crippen LogP) is 3.34. The fourth-order valence-corrected chi connectivity index (χ4v) is 4.42. The summed E-state index contributed by atoms with van der Waals surface area (Å²) >= 11 is 8.90. The van der Waals surface area contributed by atoms with Crippen LogP contribution in [0.3, 0.4) is 0 Å². The number of thioether (sulfide) groups is 1. The number of amides is 1. The van der Waals surface area contributed by atoms with Gasteiger partial charge in [0.2, 0.25) is 15.2 Å². The van der Waals surface area contributed by atoms with Crippen molar-refractivity contribution in [3.8, 4) is 0 Å². The van der Waals surface area contributed by atoms with Crippen molar-refractivity contribution in [2.24, 2.45) is 0 Å². The van der Waals surface area contributed by atoms with Crippen LogP contribution in [0.25, 0.3) is 0 Å². The number of hydrogen-bond acceptors (Lipinski definition) is 7. The number of sulfonamides is 1. The third-order valence-electron chi connectivity index (χ3n) is 3.02. The molecule has 0 saturated heterocycles. The molecule has 136 valence electrons. The molecule has 0 unspecified atom stereocenters. The van der Waals surface area contributed by atoms with Crippen molar-refractivity contribution in [1.82, 2.24) is 10.2 Å². The van der Waals surface area contributed by atoms with E-state index in [0.717, 1.165) is 14.9 Å². The van der Waals surface area contributed by atoms with E-state index in [-0.39, 0.29) is 10.6 Å². The maximum atomic E-state index is 12.5. The first-order valence-electron chi connectivity index (χ1n) is 7.13. The molecule has 1 aromatic heterocycles. The summed E-state index contributed by atoms with van der Waals surface area (Å²) in [6, 6.07) is 4.43. The van der Waals surface area contributed by atoms with Crippen LogP contribution in [-0.4, -0.2) is 43.1 Å². The molecule has 0 bridgehead atoms. The average Bonchev–Trinajstić information content (AvgIpc) is 2.92. The third kappa shape index (κ3) is 5.30. The Balaban J connectivity index is 2.22. The Labute approximate surface area is 159 Å². The fraction of sp³-hybridized carbons (Fsp3) is 0.357.